The monoisotopic (exact) mass is 161 g/mol. The van der Waals surface area contributed by atoms with Crippen molar-refractivity contribution in [3.8, 4) is 11.8 Å². The molecule has 0 radical (unpaired) electrons. The fraction of sp³-hybridized carbons (Fsp3) is 0.250. The Kier molecular flexibility index (Phi) is 1.56. The molecule has 1 N–H and O–H groups in total. The smallest absolute Gasteiger partial charge is 0.170 e. The minimum atomic E-state index is 0.409. The number of ether oxygens (including phenoxy) is 1. The van der Waals surface area contributed by atoms with E-state index < -0.39 is 0 Å². The van der Waals surface area contributed by atoms with E-state index in [1.165, 1.54) is 0 Å². The van der Waals surface area contributed by atoms with Crippen LogP contribution in [0.2, 0.25) is 0 Å². The molecule has 0 saturated heterocycles. The van der Waals surface area contributed by atoms with Gasteiger partial charge in [0.15, 0.2) is 11.6 Å². The molecule has 2 rings (SSSR count). The average Bonchev–Trinajstić information content (AvgIpc) is 2.17. The van der Waals surface area contributed by atoms with Gasteiger partial charge in [0.25, 0.3) is 0 Å². The minimum Gasteiger partial charge on any atom is -0.488 e. The number of aromatic nitrogens is 1. The van der Waals surface area contributed by atoms with Crippen molar-refractivity contribution in [2.75, 3.05) is 18.5 Å². The zero-order valence-corrected chi connectivity index (χ0v) is 6.37. The SMILES string of the molecule is N#Cc1ccc2c(n1)NCCO2. The molecule has 0 bridgehead atoms. The van der Waals surface area contributed by atoms with Crippen LogP contribution >= 0.6 is 0 Å². The fourth-order valence-electron chi connectivity index (χ4n) is 1.08. The molecule has 12 heavy (non-hydrogen) atoms. The van der Waals surface area contributed by atoms with E-state index >= 15 is 0 Å². The van der Waals surface area contributed by atoms with Crippen molar-refractivity contribution >= 4 is 5.82 Å². The second kappa shape index (κ2) is 2.70. The molecular weight excluding hydrogens is 154 g/mol. The molecule has 60 valence electrons. The van der Waals surface area contributed by atoms with Gasteiger partial charge in [0.05, 0.1) is 6.54 Å². The third kappa shape index (κ3) is 1.05. The van der Waals surface area contributed by atoms with Crippen LogP contribution in [0.4, 0.5) is 5.82 Å². The maximum atomic E-state index is 8.56. The van der Waals surface area contributed by atoms with Gasteiger partial charge in [0.1, 0.15) is 18.4 Å². The van der Waals surface area contributed by atoms with E-state index in [-0.39, 0.29) is 0 Å². The first-order valence-electron chi connectivity index (χ1n) is 3.68. The highest BCUT2D eigenvalue weighted by atomic mass is 16.5. The van der Waals surface area contributed by atoms with Crippen molar-refractivity contribution in [1.82, 2.24) is 4.98 Å². The van der Waals surface area contributed by atoms with Crippen LogP contribution < -0.4 is 10.1 Å². The Bertz CT molecular complexity index is 343. The lowest BCUT2D eigenvalue weighted by Crippen LogP contribution is -2.19. The van der Waals surface area contributed by atoms with Crippen LogP contribution in [0.1, 0.15) is 5.69 Å². The van der Waals surface area contributed by atoms with Gasteiger partial charge in [-0.05, 0) is 12.1 Å². The molecule has 0 amide bonds. The topological polar surface area (TPSA) is 57.9 Å². The number of nitrogens with one attached hydrogen (secondary N) is 1. The first kappa shape index (κ1) is 6.92. The molecular formula is C8H7N3O. The second-order valence-corrected chi connectivity index (χ2v) is 2.43. The van der Waals surface area contributed by atoms with Crippen molar-refractivity contribution in [3.63, 3.8) is 0 Å². The number of hydrogen-bond donors (Lipinski definition) is 1. The van der Waals surface area contributed by atoms with Crippen LogP contribution in [0.5, 0.6) is 5.75 Å². The molecule has 0 atom stereocenters. The number of anilines is 1. The van der Waals surface area contributed by atoms with Crippen molar-refractivity contribution < 1.29 is 4.74 Å². The fourth-order valence-corrected chi connectivity index (χ4v) is 1.08. The van der Waals surface area contributed by atoms with Gasteiger partial charge in [-0.1, -0.05) is 0 Å². The van der Waals surface area contributed by atoms with E-state index in [0.717, 1.165) is 12.3 Å². The zero-order valence-electron chi connectivity index (χ0n) is 6.37. The van der Waals surface area contributed by atoms with Gasteiger partial charge in [-0.2, -0.15) is 5.26 Å². The van der Waals surface area contributed by atoms with Crippen LogP contribution in [0, 0.1) is 11.3 Å². The molecule has 0 fully saturated rings. The summed E-state index contributed by atoms with van der Waals surface area (Å²) in [6.07, 6.45) is 0. The molecule has 0 aliphatic carbocycles. The Morgan fingerprint density at radius 2 is 2.50 bits per heavy atom. The Hall–Kier alpha value is -1.76. The van der Waals surface area contributed by atoms with Crippen molar-refractivity contribution in [2.24, 2.45) is 0 Å². The number of hydrogen-bond acceptors (Lipinski definition) is 4. The van der Waals surface area contributed by atoms with Gasteiger partial charge in [0.2, 0.25) is 0 Å². The van der Waals surface area contributed by atoms with Crippen molar-refractivity contribution in [1.29, 1.82) is 5.26 Å². The predicted octanol–water partition coefficient (Wildman–Crippen LogP) is 0.758. The molecule has 1 aromatic heterocycles. The lowest BCUT2D eigenvalue weighted by Gasteiger charge is -2.17. The van der Waals surface area contributed by atoms with Gasteiger partial charge < -0.3 is 10.1 Å². The molecule has 0 saturated carbocycles. The summed E-state index contributed by atoms with van der Waals surface area (Å²) in [6, 6.07) is 5.37. The van der Waals surface area contributed by atoms with E-state index in [1.54, 1.807) is 12.1 Å². The molecule has 4 nitrogen and oxygen atoms in total. The largest absolute Gasteiger partial charge is 0.488 e. The molecule has 0 aromatic carbocycles. The maximum Gasteiger partial charge on any atom is 0.170 e. The standard InChI is InChI=1S/C8H7N3O/c9-5-6-1-2-7-8(11-6)10-3-4-12-7/h1-2H,3-4H2,(H,10,11). The van der Waals surface area contributed by atoms with E-state index in [1.807, 2.05) is 6.07 Å². The third-order valence-corrected chi connectivity index (χ3v) is 1.62. The van der Waals surface area contributed by atoms with Crippen LogP contribution in [0.3, 0.4) is 0 Å². The van der Waals surface area contributed by atoms with Crippen LogP contribution in [-0.2, 0) is 0 Å². The summed E-state index contributed by atoms with van der Waals surface area (Å²) < 4.78 is 5.29. The van der Waals surface area contributed by atoms with Gasteiger partial charge in [-0.15, -0.1) is 0 Å². The Labute approximate surface area is 69.8 Å². The van der Waals surface area contributed by atoms with E-state index in [2.05, 4.69) is 10.3 Å². The Balaban J connectivity index is 2.44. The summed E-state index contributed by atoms with van der Waals surface area (Å²) >= 11 is 0. The highest BCUT2D eigenvalue weighted by Gasteiger charge is 2.10. The maximum absolute atomic E-state index is 8.56. The first-order valence-corrected chi connectivity index (χ1v) is 3.68. The average molecular weight is 161 g/mol. The van der Waals surface area contributed by atoms with E-state index in [9.17, 15) is 0 Å². The summed E-state index contributed by atoms with van der Waals surface area (Å²) in [5.41, 5.74) is 0.409. The van der Waals surface area contributed by atoms with Crippen LogP contribution in [0.25, 0.3) is 0 Å². The highest BCUT2D eigenvalue weighted by molar-refractivity contribution is 5.53. The summed E-state index contributed by atoms with van der Waals surface area (Å²) in [4.78, 5) is 4.03. The van der Waals surface area contributed by atoms with E-state index in [4.69, 9.17) is 10.00 Å². The van der Waals surface area contributed by atoms with Gasteiger partial charge >= 0.3 is 0 Å². The number of rotatable bonds is 0. The van der Waals surface area contributed by atoms with Gasteiger partial charge in [-0.25, -0.2) is 4.98 Å². The van der Waals surface area contributed by atoms with Crippen molar-refractivity contribution in [3.05, 3.63) is 17.8 Å². The zero-order chi connectivity index (χ0) is 8.39. The summed E-state index contributed by atoms with van der Waals surface area (Å²) in [5, 5.41) is 11.6. The van der Waals surface area contributed by atoms with Gasteiger partial charge in [-0.3, -0.25) is 0 Å². The Morgan fingerprint density at radius 3 is 3.33 bits per heavy atom. The minimum absolute atomic E-state index is 0.409. The van der Waals surface area contributed by atoms with Crippen molar-refractivity contribution in [2.45, 2.75) is 0 Å². The quantitative estimate of drug-likeness (QED) is 0.610. The number of pyridine rings is 1. The molecule has 0 spiro atoms. The first-order chi connectivity index (χ1) is 5.90. The summed E-state index contributed by atoms with van der Waals surface area (Å²) in [5.74, 6) is 1.39. The van der Waals surface area contributed by atoms with Gasteiger partial charge in [0, 0.05) is 0 Å². The Morgan fingerprint density at radius 1 is 1.58 bits per heavy atom. The van der Waals surface area contributed by atoms with E-state index in [0.29, 0.717) is 18.1 Å². The lowest BCUT2D eigenvalue weighted by atomic mass is 10.3. The normalized spacial score (nSPS) is 13.6. The molecule has 0 unspecified atom stereocenters. The summed E-state index contributed by atoms with van der Waals surface area (Å²) in [7, 11) is 0. The molecule has 4 heteroatoms. The number of fused-ring (bicyclic) bond motifs is 1. The van der Waals surface area contributed by atoms with Crippen LogP contribution in [-0.4, -0.2) is 18.1 Å². The highest BCUT2D eigenvalue weighted by Crippen LogP contribution is 2.24. The lowest BCUT2D eigenvalue weighted by molar-refractivity contribution is 0.321. The number of nitriles is 1. The predicted molar refractivity (Wildman–Crippen MR) is 42.9 cm³/mol. The molecule has 1 aliphatic heterocycles. The second-order valence-electron chi connectivity index (χ2n) is 2.43. The molecule has 1 aliphatic rings. The van der Waals surface area contributed by atoms with Crippen LogP contribution in [0.15, 0.2) is 12.1 Å². The summed E-state index contributed by atoms with van der Waals surface area (Å²) in [6.45, 7) is 1.40. The number of nitrogens with zero attached hydrogens (tertiary/aromatic N) is 2. The third-order valence-electron chi connectivity index (χ3n) is 1.62. The molecule has 2 heterocycles. The molecule has 1 aromatic rings.